The van der Waals surface area contributed by atoms with E-state index in [1.165, 1.54) is 4.90 Å². The zero-order chi connectivity index (χ0) is 20.1. The number of carbonyl (C=O) groups excluding carboxylic acids is 1. The van der Waals surface area contributed by atoms with Crippen LogP contribution in [0.2, 0.25) is 0 Å². The van der Waals surface area contributed by atoms with Crippen molar-refractivity contribution < 1.29 is 22.7 Å². The number of nitrogens with zero attached hydrogens (tertiary/aromatic N) is 1. The molecule has 0 bridgehead atoms. The third-order valence-electron chi connectivity index (χ3n) is 4.91. The van der Waals surface area contributed by atoms with Crippen molar-refractivity contribution >= 4 is 15.9 Å². The van der Waals surface area contributed by atoms with Gasteiger partial charge in [0.2, 0.25) is 0 Å². The lowest BCUT2D eigenvalue weighted by Gasteiger charge is -2.30. The first-order valence-corrected chi connectivity index (χ1v) is 10.9. The van der Waals surface area contributed by atoms with Crippen LogP contribution >= 0.6 is 0 Å². The minimum absolute atomic E-state index is 0.176. The topological polar surface area (TPSA) is 72.9 Å². The Morgan fingerprint density at radius 1 is 1.14 bits per heavy atom. The summed E-state index contributed by atoms with van der Waals surface area (Å²) in [4.78, 5) is 14.1. The summed E-state index contributed by atoms with van der Waals surface area (Å²) in [6.45, 7) is 2.09. The van der Waals surface area contributed by atoms with Gasteiger partial charge in [-0.3, -0.25) is 4.90 Å². The molecule has 0 radical (unpaired) electrons. The summed E-state index contributed by atoms with van der Waals surface area (Å²) in [7, 11) is -2.11. The standard InChI is InChI=1S/C21H25NO5S/c1-3-7-20(28(24,25)19-8-5-4-6-9-19)22-17(15-27-21(22)23)14-16-10-12-18(26-2)13-11-16/h4-6,8-13,17,20H,3,7,14-15H2,1-2H3/t17-,20?/m0/s1. The average molecular weight is 404 g/mol. The third kappa shape index (κ3) is 4.14. The molecule has 0 aromatic heterocycles. The molecule has 150 valence electrons. The SMILES string of the molecule is CCCC(N1C(=O)OC[C@@H]1Cc1ccc(OC)cc1)S(=O)(=O)c1ccccc1. The minimum atomic E-state index is -3.71. The van der Waals surface area contributed by atoms with E-state index in [1.807, 2.05) is 31.2 Å². The Morgan fingerprint density at radius 2 is 1.82 bits per heavy atom. The molecule has 7 heteroatoms. The normalized spacial score (nSPS) is 18.0. The number of hydrogen-bond acceptors (Lipinski definition) is 5. The van der Waals surface area contributed by atoms with Crippen molar-refractivity contribution in [1.29, 1.82) is 0 Å². The van der Waals surface area contributed by atoms with Crippen LogP contribution in [-0.2, 0) is 21.0 Å². The molecule has 2 atom stereocenters. The predicted molar refractivity (Wildman–Crippen MR) is 106 cm³/mol. The number of ether oxygens (including phenoxy) is 2. The molecule has 2 aromatic carbocycles. The van der Waals surface area contributed by atoms with Crippen LogP contribution in [0.5, 0.6) is 5.75 Å². The van der Waals surface area contributed by atoms with E-state index in [0.29, 0.717) is 19.3 Å². The quantitative estimate of drug-likeness (QED) is 0.673. The molecule has 1 aliphatic heterocycles. The third-order valence-corrected chi connectivity index (χ3v) is 7.02. The fraction of sp³-hybridized carbons (Fsp3) is 0.381. The molecule has 6 nitrogen and oxygen atoms in total. The summed E-state index contributed by atoms with van der Waals surface area (Å²) in [5, 5.41) is -0.946. The van der Waals surface area contributed by atoms with Crippen LogP contribution in [0, 0.1) is 0 Å². The fourth-order valence-electron chi connectivity index (χ4n) is 3.47. The van der Waals surface area contributed by atoms with E-state index in [-0.39, 0.29) is 17.5 Å². The second-order valence-corrected chi connectivity index (χ2v) is 8.90. The Balaban J connectivity index is 1.89. The van der Waals surface area contributed by atoms with E-state index in [0.717, 1.165) is 11.3 Å². The highest BCUT2D eigenvalue weighted by molar-refractivity contribution is 7.92. The molecular formula is C21H25NO5S. The maximum atomic E-state index is 13.3. The highest BCUT2D eigenvalue weighted by Gasteiger charge is 2.44. The molecule has 2 aromatic rings. The maximum Gasteiger partial charge on any atom is 0.411 e. The molecule has 1 heterocycles. The van der Waals surface area contributed by atoms with E-state index in [1.54, 1.807) is 37.4 Å². The van der Waals surface area contributed by atoms with Crippen LogP contribution in [-0.4, -0.2) is 44.5 Å². The van der Waals surface area contributed by atoms with Gasteiger partial charge in [-0.1, -0.05) is 43.7 Å². The van der Waals surface area contributed by atoms with Gasteiger partial charge in [0.25, 0.3) is 0 Å². The molecule has 0 aliphatic carbocycles. The van der Waals surface area contributed by atoms with Crippen LogP contribution in [0.25, 0.3) is 0 Å². The maximum absolute atomic E-state index is 13.3. The number of benzene rings is 2. The van der Waals surface area contributed by atoms with E-state index in [4.69, 9.17) is 9.47 Å². The average Bonchev–Trinajstić information content (AvgIpc) is 3.07. The van der Waals surface area contributed by atoms with Crippen LogP contribution in [0.3, 0.4) is 0 Å². The number of sulfone groups is 1. The molecular weight excluding hydrogens is 378 g/mol. The highest BCUT2D eigenvalue weighted by atomic mass is 32.2. The van der Waals surface area contributed by atoms with Crippen molar-refractivity contribution in [3.63, 3.8) is 0 Å². The predicted octanol–water partition coefficient (Wildman–Crippen LogP) is 3.66. The summed E-state index contributed by atoms with van der Waals surface area (Å²) in [6, 6.07) is 15.5. The molecule has 1 saturated heterocycles. The van der Waals surface area contributed by atoms with Crippen molar-refractivity contribution in [3.8, 4) is 5.75 Å². The van der Waals surface area contributed by atoms with Crippen LogP contribution in [0.4, 0.5) is 4.79 Å². The Labute approximate surface area is 166 Å². The van der Waals surface area contributed by atoms with Gasteiger partial charge in [0.1, 0.15) is 17.7 Å². The molecule has 1 fully saturated rings. The van der Waals surface area contributed by atoms with Gasteiger partial charge < -0.3 is 9.47 Å². The lowest BCUT2D eigenvalue weighted by molar-refractivity contribution is 0.152. The number of cyclic esters (lactones) is 1. The fourth-order valence-corrected chi connectivity index (χ4v) is 5.43. The number of methoxy groups -OCH3 is 1. The van der Waals surface area contributed by atoms with Gasteiger partial charge in [-0.25, -0.2) is 13.2 Å². The highest BCUT2D eigenvalue weighted by Crippen LogP contribution is 2.29. The monoisotopic (exact) mass is 403 g/mol. The van der Waals surface area contributed by atoms with E-state index >= 15 is 0 Å². The summed E-state index contributed by atoms with van der Waals surface area (Å²) in [6.07, 6.45) is 0.929. The van der Waals surface area contributed by atoms with Gasteiger partial charge in [-0.05, 0) is 42.7 Å². The molecule has 1 unspecified atom stereocenters. The van der Waals surface area contributed by atoms with Crippen LogP contribution in [0.15, 0.2) is 59.5 Å². The Hall–Kier alpha value is -2.54. The minimum Gasteiger partial charge on any atom is -0.497 e. The van der Waals surface area contributed by atoms with E-state index in [9.17, 15) is 13.2 Å². The van der Waals surface area contributed by atoms with Gasteiger partial charge >= 0.3 is 6.09 Å². The first-order chi connectivity index (χ1) is 13.5. The Bertz CT molecular complexity index is 896. The first kappa shape index (κ1) is 20.2. The number of carbonyl (C=O) groups is 1. The van der Waals surface area contributed by atoms with Crippen molar-refractivity contribution in [2.75, 3.05) is 13.7 Å². The second-order valence-electron chi connectivity index (χ2n) is 6.79. The van der Waals surface area contributed by atoms with Crippen molar-refractivity contribution in [1.82, 2.24) is 4.90 Å². The smallest absolute Gasteiger partial charge is 0.411 e. The molecule has 28 heavy (non-hydrogen) atoms. The molecule has 1 amide bonds. The van der Waals surface area contributed by atoms with Crippen molar-refractivity contribution in [3.05, 3.63) is 60.2 Å². The summed E-state index contributed by atoms with van der Waals surface area (Å²) >= 11 is 0. The van der Waals surface area contributed by atoms with Crippen molar-refractivity contribution in [2.24, 2.45) is 0 Å². The number of rotatable bonds is 8. The summed E-state index contributed by atoms with van der Waals surface area (Å²) in [5.74, 6) is 0.745. The molecule has 3 rings (SSSR count). The van der Waals surface area contributed by atoms with Crippen molar-refractivity contribution in [2.45, 2.75) is 42.5 Å². The van der Waals surface area contributed by atoms with Gasteiger partial charge in [0.05, 0.1) is 18.0 Å². The van der Waals surface area contributed by atoms with Crippen LogP contribution in [0.1, 0.15) is 25.3 Å². The molecule has 0 saturated carbocycles. The number of amides is 1. The van der Waals surface area contributed by atoms with E-state index < -0.39 is 21.3 Å². The second kappa shape index (κ2) is 8.65. The number of hydrogen-bond donors (Lipinski definition) is 0. The van der Waals surface area contributed by atoms with Gasteiger partial charge in [0.15, 0.2) is 9.84 Å². The first-order valence-electron chi connectivity index (χ1n) is 9.34. The zero-order valence-corrected chi connectivity index (χ0v) is 16.9. The van der Waals surface area contributed by atoms with Crippen LogP contribution < -0.4 is 4.74 Å². The van der Waals surface area contributed by atoms with Gasteiger partial charge in [-0.2, -0.15) is 0 Å². The van der Waals surface area contributed by atoms with E-state index in [2.05, 4.69) is 0 Å². The largest absolute Gasteiger partial charge is 0.497 e. The Morgan fingerprint density at radius 3 is 2.43 bits per heavy atom. The molecule has 1 aliphatic rings. The zero-order valence-electron chi connectivity index (χ0n) is 16.1. The Kier molecular flexibility index (Phi) is 6.24. The van der Waals surface area contributed by atoms with Gasteiger partial charge in [-0.15, -0.1) is 0 Å². The summed E-state index contributed by atoms with van der Waals surface area (Å²) < 4.78 is 37.0. The molecule has 0 spiro atoms. The summed E-state index contributed by atoms with van der Waals surface area (Å²) in [5.41, 5.74) is 0.987. The molecule has 0 N–H and O–H groups in total. The van der Waals surface area contributed by atoms with Gasteiger partial charge in [0, 0.05) is 0 Å². The lowest BCUT2D eigenvalue weighted by Crippen LogP contribution is -2.47. The lowest BCUT2D eigenvalue weighted by atomic mass is 10.1.